The largest absolute Gasteiger partial charge is 0.483 e. The third-order valence-electron chi connectivity index (χ3n) is 2.76. The van der Waals surface area contributed by atoms with Crippen molar-refractivity contribution in [1.29, 1.82) is 0 Å². The van der Waals surface area contributed by atoms with Gasteiger partial charge < -0.3 is 10.5 Å². The molecule has 0 aliphatic rings. The summed E-state index contributed by atoms with van der Waals surface area (Å²) in [6.07, 6.45) is -0.334. The maximum Gasteiger partial charge on any atom is 0.148 e. The molecule has 2 aromatic rings. The van der Waals surface area contributed by atoms with Gasteiger partial charge in [0.2, 0.25) is 0 Å². The van der Waals surface area contributed by atoms with Crippen LogP contribution in [0, 0.1) is 12.7 Å². The highest BCUT2D eigenvalue weighted by Crippen LogP contribution is 2.32. The summed E-state index contributed by atoms with van der Waals surface area (Å²) >= 11 is 7.34. The summed E-state index contributed by atoms with van der Waals surface area (Å²) < 4.78 is 20.0. The fraction of sp³-hybridized carbons (Fsp3) is 0.286. The quantitative estimate of drug-likeness (QED) is 0.912. The molecule has 0 saturated carbocycles. The molecule has 2 rings (SSSR count). The summed E-state index contributed by atoms with van der Waals surface area (Å²) in [5.41, 5.74) is 6.53. The lowest BCUT2D eigenvalue weighted by Crippen LogP contribution is -2.28. The molecule has 0 amide bonds. The van der Waals surface area contributed by atoms with E-state index in [1.165, 1.54) is 17.4 Å². The van der Waals surface area contributed by atoms with Crippen molar-refractivity contribution in [2.24, 2.45) is 5.73 Å². The van der Waals surface area contributed by atoms with Crippen molar-refractivity contribution in [1.82, 2.24) is 0 Å². The van der Waals surface area contributed by atoms with Gasteiger partial charge in [-0.15, -0.1) is 11.3 Å². The molecular weight excluding hydrogens is 285 g/mol. The molecule has 2 N–H and O–H groups in total. The van der Waals surface area contributed by atoms with E-state index in [-0.39, 0.29) is 18.0 Å². The number of aryl methyl sites for hydroxylation is 1. The molecule has 102 valence electrons. The minimum absolute atomic E-state index is 0.223. The Kier molecular flexibility index (Phi) is 4.45. The Morgan fingerprint density at radius 3 is 2.58 bits per heavy atom. The summed E-state index contributed by atoms with van der Waals surface area (Å²) in [5.74, 6) is 0.181. The van der Waals surface area contributed by atoms with Crippen LogP contribution in [0.15, 0.2) is 30.3 Å². The second-order valence-corrected chi connectivity index (χ2v) is 6.20. The summed E-state index contributed by atoms with van der Waals surface area (Å²) in [6.45, 7) is 3.56. The lowest BCUT2D eigenvalue weighted by Gasteiger charge is -2.21. The van der Waals surface area contributed by atoms with E-state index in [0.29, 0.717) is 15.6 Å². The van der Waals surface area contributed by atoms with Crippen molar-refractivity contribution >= 4 is 22.9 Å². The Morgan fingerprint density at radius 1 is 1.32 bits per heavy atom. The molecular formula is C14H15ClFNOS. The minimum atomic E-state index is -0.334. The Morgan fingerprint density at radius 2 is 2.05 bits per heavy atom. The molecule has 1 aromatic heterocycles. The number of benzene rings is 1. The Hall–Kier alpha value is -1.10. The SMILES string of the molecule is Cc1ccc(OC(c2ccc(Cl)s2)C(C)N)cc1F. The van der Waals surface area contributed by atoms with Gasteiger partial charge >= 0.3 is 0 Å². The van der Waals surface area contributed by atoms with Crippen LogP contribution in [0.25, 0.3) is 0 Å². The molecule has 2 unspecified atom stereocenters. The molecule has 0 bridgehead atoms. The molecule has 0 saturated heterocycles. The average molecular weight is 300 g/mol. The van der Waals surface area contributed by atoms with E-state index in [0.717, 1.165) is 4.88 Å². The number of nitrogens with two attached hydrogens (primary N) is 1. The number of thiophene rings is 1. The van der Waals surface area contributed by atoms with E-state index in [4.69, 9.17) is 22.1 Å². The van der Waals surface area contributed by atoms with Crippen molar-refractivity contribution in [3.05, 3.63) is 50.9 Å². The number of halogens is 2. The molecule has 19 heavy (non-hydrogen) atoms. The van der Waals surface area contributed by atoms with E-state index in [9.17, 15) is 4.39 Å². The predicted molar refractivity (Wildman–Crippen MR) is 77.5 cm³/mol. The van der Waals surface area contributed by atoms with E-state index in [2.05, 4.69) is 0 Å². The Balaban J connectivity index is 2.23. The average Bonchev–Trinajstić information content (AvgIpc) is 2.76. The van der Waals surface area contributed by atoms with Gasteiger partial charge in [-0.05, 0) is 37.6 Å². The first-order chi connectivity index (χ1) is 8.97. The second-order valence-electron chi connectivity index (χ2n) is 4.45. The summed E-state index contributed by atoms with van der Waals surface area (Å²) in [5, 5.41) is 0. The van der Waals surface area contributed by atoms with Gasteiger partial charge in [0.15, 0.2) is 0 Å². The maximum atomic E-state index is 13.5. The van der Waals surface area contributed by atoms with E-state index < -0.39 is 0 Å². The van der Waals surface area contributed by atoms with E-state index in [1.54, 1.807) is 25.1 Å². The lowest BCUT2D eigenvalue weighted by atomic mass is 10.1. The number of hydrogen-bond acceptors (Lipinski definition) is 3. The molecule has 0 spiro atoms. The van der Waals surface area contributed by atoms with Gasteiger partial charge in [-0.1, -0.05) is 17.7 Å². The molecule has 2 nitrogen and oxygen atoms in total. The van der Waals surface area contributed by atoms with Crippen LogP contribution < -0.4 is 10.5 Å². The van der Waals surface area contributed by atoms with Crippen LogP contribution in [0.4, 0.5) is 4.39 Å². The fourth-order valence-electron chi connectivity index (χ4n) is 1.70. The first-order valence-corrected chi connectivity index (χ1v) is 7.10. The summed E-state index contributed by atoms with van der Waals surface area (Å²) in [7, 11) is 0. The van der Waals surface area contributed by atoms with Gasteiger partial charge in [-0.25, -0.2) is 4.39 Å². The normalized spacial score (nSPS) is 14.2. The Labute approximate surface area is 121 Å². The van der Waals surface area contributed by atoms with E-state index >= 15 is 0 Å². The molecule has 5 heteroatoms. The summed E-state index contributed by atoms with van der Waals surface area (Å²) in [6, 6.07) is 8.26. The van der Waals surface area contributed by atoms with E-state index in [1.807, 2.05) is 13.0 Å². The molecule has 0 fully saturated rings. The predicted octanol–water partition coefficient (Wildman–Crippen LogP) is 4.32. The zero-order chi connectivity index (χ0) is 14.0. The monoisotopic (exact) mass is 299 g/mol. The van der Waals surface area contributed by atoms with Crippen LogP contribution in [0.1, 0.15) is 23.5 Å². The smallest absolute Gasteiger partial charge is 0.148 e. The third kappa shape index (κ3) is 3.47. The van der Waals surface area contributed by atoms with Crippen LogP contribution in [0.2, 0.25) is 4.34 Å². The molecule has 1 heterocycles. The first kappa shape index (κ1) is 14.3. The van der Waals surface area contributed by atoms with Crippen molar-refractivity contribution in [3.8, 4) is 5.75 Å². The maximum absolute atomic E-state index is 13.5. The van der Waals surface area contributed by atoms with Gasteiger partial charge in [0, 0.05) is 17.0 Å². The van der Waals surface area contributed by atoms with Crippen LogP contribution in [0.3, 0.4) is 0 Å². The van der Waals surface area contributed by atoms with Crippen LogP contribution in [-0.4, -0.2) is 6.04 Å². The summed E-state index contributed by atoms with van der Waals surface area (Å²) in [4.78, 5) is 0.931. The third-order valence-corrected chi connectivity index (χ3v) is 4.05. The molecule has 2 atom stereocenters. The zero-order valence-electron chi connectivity index (χ0n) is 10.7. The van der Waals surface area contributed by atoms with Crippen LogP contribution in [-0.2, 0) is 0 Å². The number of ether oxygens (including phenoxy) is 1. The Bertz CT molecular complexity index is 570. The number of hydrogen-bond donors (Lipinski definition) is 1. The topological polar surface area (TPSA) is 35.2 Å². The molecule has 0 radical (unpaired) electrons. The van der Waals surface area contributed by atoms with Crippen molar-refractivity contribution in [2.45, 2.75) is 26.0 Å². The highest BCUT2D eigenvalue weighted by Gasteiger charge is 2.20. The first-order valence-electron chi connectivity index (χ1n) is 5.91. The van der Waals surface area contributed by atoms with Crippen molar-refractivity contribution < 1.29 is 9.13 Å². The van der Waals surface area contributed by atoms with Gasteiger partial charge in [0.05, 0.1) is 4.34 Å². The standard InChI is InChI=1S/C14H15ClFNOS/c1-8-3-4-10(7-11(8)16)18-14(9(2)17)12-5-6-13(15)19-12/h3-7,9,14H,17H2,1-2H3. The molecule has 0 aliphatic carbocycles. The molecule has 0 aliphatic heterocycles. The molecule has 1 aromatic carbocycles. The fourth-order valence-corrected chi connectivity index (χ4v) is 2.91. The number of rotatable bonds is 4. The van der Waals surface area contributed by atoms with Crippen LogP contribution >= 0.6 is 22.9 Å². The zero-order valence-corrected chi connectivity index (χ0v) is 12.3. The minimum Gasteiger partial charge on any atom is -0.483 e. The van der Waals surface area contributed by atoms with Gasteiger partial charge in [0.1, 0.15) is 17.7 Å². The van der Waals surface area contributed by atoms with Crippen molar-refractivity contribution in [2.75, 3.05) is 0 Å². The van der Waals surface area contributed by atoms with Crippen LogP contribution in [0.5, 0.6) is 5.75 Å². The highest BCUT2D eigenvalue weighted by molar-refractivity contribution is 7.16. The second kappa shape index (κ2) is 5.90. The van der Waals surface area contributed by atoms with Gasteiger partial charge in [-0.3, -0.25) is 0 Å². The highest BCUT2D eigenvalue weighted by atomic mass is 35.5. The van der Waals surface area contributed by atoms with Gasteiger partial charge in [-0.2, -0.15) is 0 Å². The van der Waals surface area contributed by atoms with Crippen molar-refractivity contribution in [3.63, 3.8) is 0 Å². The van der Waals surface area contributed by atoms with Gasteiger partial charge in [0.25, 0.3) is 0 Å². The lowest BCUT2D eigenvalue weighted by molar-refractivity contribution is 0.183.